The summed E-state index contributed by atoms with van der Waals surface area (Å²) in [5, 5.41) is 0. The van der Waals surface area contributed by atoms with Crippen molar-refractivity contribution in [2.75, 3.05) is 19.6 Å². The van der Waals surface area contributed by atoms with E-state index in [1.54, 1.807) is 0 Å². The minimum absolute atomic E-state index is 0.873. The van der Waals surface area contributed by atoms with Crippen molar-refractivity contribution in [2.24, 2.45) is 23.5 Å². The highest BCUT2D eigenvalue weighted by atomic mass is 15.2. The van der Waals surface area contributed by atoms with Gasteiger partial charge in [0, 0.05) is 6.04 Å². The summed E-state index contributed by atoms with van der Waals surface area (Å²) in [6, 6.07) is 0.873. The normalized spacial score (nSPS) is 37.2. The number of nitrogens with two attached hydrogens (primary N) is 1. The molecule has 1 saturated heterocycles. The van der Waals surface area contributed by atoms with E-state index in [1.165, 1.54) is 51.6 Å². The number of piperidine rings is 1. The summed E-state index contributed by atoms with van der Waals surface area (Å²) in [5.74, 6) is 2.73. The lowest BCUT2D eigenvalue weighted by atomic mass is 9.76. The van der Waals surface area contributed by atoms with E-state index >= 15 is 0 Å². The van der Waals surface area contributed by atoms with Gasteiger partial charge in [-0.05, 0) is 63.1 Å². The molecular weight excluding hydrogens is 208 g/mol. The maximum absolute atomic E-state index is 5.66. The van der Waals surface area contributed by atoms with Crippen molar-refractivity contribution in [3.05, 3.63) is 0 Å². The molecule has 2 N–H and O–H groups in total. The van der Waals surface area contributed by atoms with E-state index in [4.69, 9.17) is 5.73 Å². The molecule has 1 saturated carbocycles. The van der Waals surface area contributed by atoms with Crippen LogP contribution in [0, 0.1) is 17.8 Å². The molecule has 2 nitrogen and oxygen atoms in total. The second-order valence-corrected chi connectivity index (χ2v) is 6.39. The number of nitrogens with zero attached hydrogens (tertiary/aromatic N) is 1. The highest BCUT2D eigenvalue weighted by Gasteiger charge is 2.33. The molecule has 17 heavy (non-hydrogen) atoms. The number of likely N-dealkylation sites (tertiary alicyclic amines) is 1. The van der Waals surface area contributed by atoms with Crippen molar-refractivity contribution in [2.45, 2.75) is 58.4 Å². The summed E-state index contributed by atoms with van der Waals surface area (Å²) in [6.07, 6.45) is 8.33. The van der Waals surface area contributed by atoms with Crippen molar-refractivity contribution in [1.29, 1.82) is 0 Å². The first-order valence-electron chi connectivity index (χ1n) is 7.66. The van der Waals surface area contributed by atoms with Crippen LogP contribution in [-0.4, -0.2) is 30.6 Å². The quantitative estimate of drug-likeness (QED) is 0.819. The lowest BCUT2D eigenvalue weighted by molar-refractivity contribution is 0.0515. The molecule has 1 heterocycles. The molecule has 0 bridgehead atoms. The van der Waals surface area contributed by atoms with Gasteiger partial charge in [-0.1, -0.05) is 26.7 Å². The second kappa shape index (κ2) is 6.19. The zero-order valence-corrected chi connectivity index (χ0v) is 11.7. The average molecular weight is 238 g/mol. The summed E-state index contributed by atoms with van der Waals surface area (Å²) < 4.78 is 0. The Kier molecular flexibility index (Phi) is 4.87. The Morgan fingerprint density at radius 3 is 2.41 bits per heavy atom. The zero-order chi connectivity index (χ0) is 12.3. The smallest absolute Gasteiger partial charge is 0.0123 e. The second-order valence-electron chi connectivity index (χ2n) is 6.39. The van der Waals surface area contributed by atoms with Crippen molar-refractivity contribution in [3.8, 4) is 0 Å². The SMILES string of the molecule is CC1CCCC(N2CCC(CCN)CC2)C1C. The van der Waals surface area contributed by atoms with Crippen LogP contribution in [0.2, 0.25) is 0 Å². The maximum atomic E-state index is 5.66. The third-order valence-electron chi connectivity index (χ3n) is 5.36. The van der Waals surface area contributed by atoms with Gasteiger partial charge in [0.05, 0.1) is 0 Å². The molecule has 3 unspecified atom stereocenters. The Morgan fingerprint density at radius 1 is 1.06 bits per heavy atom. The number of rotatable bonds is 3. The topological polar surface area (TPSA) is 29.3 Å². The van der Waals surface area contributed by atoms with Crippen LogP contribution in [0.5, 0.6) is 0 Å². The first kappa shape index (κ1) is 13.4. The number of hydrogen-bond donors (Lipinski definition) is 1. The summed E-state index contributed by atoms with van der Waals surface area (Å²) in [4.78, 5) is 2.79. The Morgan fingerprint density at radius 2 is 1.76 bits per heavy atom. The van der Waals surface area contributed by atoms with Crippen LogP contribution in [0.3, 0.4) is 0 Å². The van der Waals surface area contributed by atoms with E-state index in [0.29, 0.717) is 0 Å². The Labute approximate surface area is 107 Å². The Bertz CT molecular complexity index is 221. The molecule has 1 aliphatic carbocycles. The minimum Gasteiger partial charge on any atom is -0.330 e. The molecule has 2 fully saturated rings. The largest absolute Gasteiger partial charge is 0.330 e. The molecule has 0 aromatic carbocycles. The minimum atomic E-state index is 0.873. The summed E-state index contributed by atoms with van der Waals surface area (Å²) in [6.45, 7) is 8.44. The van der Waals surface area contributed by atoms with Crippen LogP contribution in [-0.2, 0) is 0 Å². The number of hydrogen-bond acceptors (Lipinski definition) is 2. The van der Waals surface area contributed by atoms with Crippen LogP contribution >= 0.6 is 0 Å². The van der Waals surface area contributed by atoms with E-state index in [-0.39, 0.29) is 0 Å². The van der Waals surface area contributed by atoms with Gasteiger partial charge in [0.15, 0.2) is 0 Å². The van der Waals surface area contributed by atoms with Gasteiger partial charge in [-0.25, -0.2) is 0 Å². The molecular formula is C15H30N2. The molecule has 0 spiro atoms. The van der Waals surface area contributed by atoms with Crippen LogP contribution in [0.25, 0.3) is 0 Å². The molecule has 0 radical (unpaired) electrons. The predicted octanol–water partition coefficient (Wildman–Crippen LogP) is 2.87. The fourth-order valence-electron chi connectivity index (χ4n) is 3.88. The van der Waals surface area contributed by atoms with Crippen molar-refractivity contribution in [1.82, 2.24) is 4.90 Å². The van der Waals surface area contributed by atoms with E-state index in [1.807, 2.05) is 0 Å². The lowest BCUT2D eigenvalue weighted by Crippen LogP contribution is -2.47. The first-order valence-corrected chi connectivity index (χ1v) is 7.66. The van der Waals surface area contributed by atoms with Crippen molar-refractivity contribution < 1.29 is 0 Å². The fourth-order valence-corrected chi connectivity index (χ4v) is 3.88. The molecule has 0 aromatic heterocycles. The van der Waals surface area contributed by atoms with Crippen LogP contribution in [0.4, 0.5) is 0 Å². The highest BCUT2D eigenvalue weighted by molar-refractivity contribution is 4.86. The van der Waals surface area contributed by atoms with E-state index in [9.17, 15) is 0 Å². The summed E-state index contributed by atoms with van der Waals surface area (Å²) >= 11 is 0. The van der Waals surface area contributed by atoms with Crippen LogP contribution in [0.1, 0.15) is 52.4 Å². The monoisotopic (exact) mass is 238 g/mol. The average Bonchev–Trinajstić information content (AvgIpc) is 2.34. The zero-order valence-electron chi connectivity index (χ0n) is 11.7. The Hall–Kier alpha value is -0.0800. The first-order chi connectivity index (χ1) is 8.22. The van der Waals surface area contributed by atoms with Gasteiger partial charge >= 0.3 is 0 Å². The molecule has 0 aromatic rings. The fraction of sp³-hybridized carbons (Fsp3) is 1.00. The standard InChI is InChI=1S/C15H30N2/c1-12-4-3-5-15(13(12)2)17-10-7-14(6-9-16)8-11-17/h12-15H,3-11,16H2,1-2H3. The van der Waals surface area contributed by atoms with Gasteiger partial charge in [-0.15, -0.1) is 0 Å². The van der Waals surface area contributed by atoms with Crippen LogP contribution in [0.15, 0.2) is 0 Å². The third kappa shape index (κ3) is 3.23. The van der Waals surface area contributed by atoms with E-state index < -0.39 is 0 Å². The van der Waals surface area contributed by atoms with Gasteiger partial charge in [-0.2, -0.15) is 0 Å². The van der Waals surface area contributed by atoms with Gasteiger partial charge < -0.3 is 10.6 Å². The maximum Gasteiger partial charge on any atom is 0.0123 e. The van der Waals surface area contributed by atoms with Gasteiger partial charge in [-0.3, -0.25) is 0 Å². The van der Waals surface area contributed by atoms with E-state index in [0.717, 1.165) is 30.3 Å². The van der Waals surface area contributed by atoms with E-state index in [2.05, 4.69) is 18.7 Å². The molecule has 2 rings (SSSR count). The lowest BCUT2D eigenvalue weighted by Gasteiger charge is -2.44. The molecule has 2 aliphatic rings. The molecule has 0 amide bonds. The summed E-state index contributed by atoms with van der Waals surface area (Å²) in [5.41, 5.74) is 5.66. The third-order valence-corrected chi connectivity index (χ3v) is 5.36. The molecule has 1 aliphatic heterocycles. The molecule has 3 atom stereocenters. The molecule has 2 heteroatoms. The van der Waals surface area contributed by atoms with Gasteiger partial charge in [0.1, 0.15) is 0 Å². The van der Waals surface area contributed by atoms with Gasteiger partial charge in [0.25, 0.3) is 0 Å². The van der Waals surface area contributed by atoms with Crippen molar-refractivity contribution in [3.63, 3.8) is 0 Å². The molecule has 100 valence electrons. The highest BCUT2D eigenvalue weighted by Crippen LogP contribution is 2.34. The van der Waals surface area contributed by atoms with Gasteiger partial charge in [0.2, 0.25) is 0 Å². The predicted molar refractivity (Wildman–Crippen MR) is 73.9 cm³/mol. The Balaban J connectivity index is 1.83. The van der Waals surface area contributed by atoms with Crippen molar-refractivity contribution >= 4 is 0 Å². The van der Waals surface area contributed by atoms with Crippen LogP contribution < -0.4 is 5.73 Å². The summed E-state index contributed by atoms with van der Waals surface area (Å²) in [7, 11) is 0.